The Morgan fingerprint density at radius 1 is 1.11 bits per heavy atom. The van der Waals surface area contributed by atoms with E-state index in [0.29, 0.717) is 29.7 Å². The van der Waals surface area contributed by atoms with Gasteiger partial charge in [0.05, 0.1) is 35.7 Å². The van der Waals surface area contributed by atoms with Gasteiger partial charge in [0.15, 0.2) is 0 Å². The van der Waals surface area contributed by atoms with Crippen molar-refractivity contribution >= 4 is 34.7 Å². The summed E-state index contributed by atoms with van der Waals surface area (Å²) < 4.78 is 1.65. The molecule has 4 fully saturated rings. The monoisotopic (exact) mass is 636 g/mol. The largest absolute Gasteiger partial charge is 0.348 e. The van der Waals surface area contributed by atoms with Gasteiger partial charge in [-0.3, -0.25) is 12.7 Å². The van der Waals surface area contributed by atoms with E-state index in [-0.39, 0.29) is 18.4 Å². The average Bonchev–Trinajstić information content (AvgIpc) is 3.56. The Hall–Kier alpha value is -1.12. The molecule has 8 atom stereocenters. The minimum absolute atomic E-state index is 0.00974. The van der Waals surface area contributed by atoms with Crippen LogP contribution in [-0.4, -0.2) is 38.0 Å². The fourth-order valence-corrected chi connectivity index (χ4v) is 10.4. The molecule has 0 aliphatic heterocycles. The van der Waals surface area contributed by atoms with Crippen molar-refractivity contribution in [3.63, 3.8) is 0 Å². The number of aromatic nitrogens is 2. The van der Waals surface area contributed by atoms with E-state index in [1.165, 1.54) is 64.2 Å². The second-order valence-electron chi connectivity index (χ2n) is 13.7. The van der Waals surface area contributed by atoms with Gasteiger partial charge >= 0.3 is 0 Å². The van der Waals surface area contributed by atoms with Crippen molar-refractivity contribution in [2.45, 2.75) is 104 Å². The fourth-order valence-electron chi connectivity index (χ4n) is 9.94. The minimum atomic E-state index is -0.0594. The second-order valence-corrected chi connectivity index (χ2v) is 14.9. The van der Waals surface area contributed by atoms with E-state index in [4.69, 9.17) is 0 Å². The molecule has 2 amide bonds. The Balaban J connectivity index is 1.09. The summed E-state index contributed by atoms with van der Waals surface area (Å²) in [4.78, 5) is 32.2. The summed E-state index contributed by atoms with van der Waals surface area (Å²) in [5.41, 5.74) is 2.06. The lowest BCUT2D eigenvalue weighted by molar-refractivity contribution is -0.128. The van der Waals surface area contributed by atoms with E-state index in [1.807, 2.05) is 22.9 Å². The molecule has 7 heteroatoms. The molecule has 2 N–H and O–H groups in total. The summed E-state index contributed by atoms with van der Waals surface area (Å²) in [5, 5.41) is 2.88. The Morgan fingerprint density at radius 2 is 1.92 bits per heavy atom. The maximum atomic E-state index is 12.7. The van der Waals surface area contributed by atoms with Crippen molar-refractivity contribution in [2.24, 2.45) is 46.3 Å². The van der Waals surface area contributed by atoms with Crippen molar-refractivity contribution in [3.8, 4) is 0 Å². The normalized spacial score (nSPS) is 37.0. The number of rotatable bonds is 9. The summed E-state index contributed by atoms with van der Waals surface area (Å²) in [5.74, 6) is 4.99. The fraction of sp³-hybridized carbons (Fsp3) is 0.839. The number of carbonyl (C=O) groups excluding carboxylic acids is 2. The standard InChI is InChI=1S/C31H49IN4O2/c1-21(7-12-28(37)34-19-29(38)36(32)17-14-23-18-33-20-35-23)25-10-11-26-24-9-8-22-6-4-5-15-30(22,2)27(24)13-16-31(25,26)3/h18,20-22,24-27H,4-17,19H2,1-3H3,(H,33,35)(H,34,37)/t21-,22?,24+,25-,26+,27+,30+,31-/m1/s1. The van der Waals surface area contributed by atoms with Gasteiger partial charge in [-0.05, 0) is 104 Å². The van der Waals surface area contributed by atoms with E-state index in [9.17, 15) is 9.59 Å². The third kappa shape index (κ3) is 5.56. The van der Waals surface area contributed by atoms with E-state index in [2.05, 4.69) is 36.1 Å². The number of nitrogens with one attached hydrogen (secondary N) is 2. The van der Waals surface area contributed by atoms with Crippen LogP contribution in [0.15, 0.2) is 12.5 Å². The Bertz CT molecular complexity index is 969. The molecule has 4 saturated carbocycles. The van der Waals surface area contributed by atoms with Gasteiger partial charge < -0.3 is 10.3 Å². The first-order chi connectivity index (χ1) is 18.2. The molecule has 5 rings (SSSR count). The molecule has 212 valence electrons. The van der Waals surface area contributed by atoms with E-state index < -0.39 is 0 Å². The second kappa shape index (κ2) is 11.8. The van der Waals surface area contributed by atoms with E-state index >= 15 is 0 Å². The third-order valence-corrected chi connectivity index (χ3v) is 13.0. The van der Waals surface area contributed by atoms with Crippen LogP contribution < -0.4 is 5.32 Å². The first-order valence-electron chi connectivity index (χ1n) is 15.4. The molecular weight excluding hydrogens is 587 g/mol. The van der Waals surface area contributed by atoms with Crippen molar-refractivity contribution in [1.29, 1.82) is 0 Å². The quantitative estimate of drug-likeness (QED) is 0.234. The van der Waals surface area contributed by atoms with Crippen LogP contribution in [0.1, 0.15) is 104 Å². The number of imidazole rings is 1. The van der Waals surface area contributed by atoms with Crippen LogP contribution in [-0.2, 0) is 16.0 Å². The van der Waals surface area contributed by atoms with Gasteiger partial charge in [0.2, 0.25) is 5.91 Å². The van der Waals surface area contributed by atoms with Crippen LogP contribution in [0.25, 0.3) is 0 Å². The lowest BCUT2D eigenvalue weighted by atomic mass is 9.44. The predicted octanol–water partition coefficient (Wildman–Crippen LogP) is 6.71. The number of carbonyl (C=O) groups is 2. The number of nitrogens with zero attached hydrogens (tertiary/aromatic N) is 2. The molecule has 1 aromatic rings. The molecule has 4 aliphatic carbocycles. The van der Waals surface area contributed by atoms with Crippen LogP contribution in [0, 0.1) is 46.3 Å². The number of hydrogen-bond donors (Lipinski definition) is 2. The minimum Gasteiger partial charge on any atom is -0.348 e. The number of fused-ring (bicyclic) bond motifs is 5. The topological polar surface area (TPSA) is 78.1 Å². The Kier molecular flexibility index (Phi) is 8.81. The van der Waals surface area contributed by atoms with Gasteiger partial charge in [-0.25, -0.2) is 4.98 Å². The van der Waals surface area contributed by atoms with E-state index in [0.717, 1.165) is 48.1 Å². The molecule has 38 heavy (non-hydrogen) atoms. The van der Waals surface area contributed by atoms with E-state index in [1.54, 1.807) is 15.6 Å². The summed E-state index contributed by atoms with van der Waals surface area (Å²) in [6.07, 6.45) is 20.0. The Labute approximate surface area is 243 Å². The smallest absolute Gasteiger partial charge is 0.250 e. The molecule has 1 heterocycles. The highest BCUT2D eigenvalue weighted by molar-refractivity contribution is 14.1. The summed E-state index contributed by atoms with van der Waals surface area (Å²) >= 11 is 2.04. The zero-order chi connectivity index (χ0) is 26.9. The molecule has 0 saturated heterocycles. The van der Waals surface area contributed by atoms with Crippen LogP contribution in [0.5, 0.6) is 0 Å². The number of amides is 2. The summed E-state index contributed by atoms with van der Waals surface area (Å²) in [6, 6.07) is 0. The molecule has 6 nitrogen and oxygen atoms in total. The molecular formula is C31H49IN4O2. The van der Waals surface area contributed by atoms with Crippen molar-refractivity contribution in [3.05, 3.63) is 18.2 Å². The predicted molar refractivity (Wildman–Crippen MR) is 159 cm³/mol. The summed E-state index contributed by atoms with van der Waals surface area (Å²) in [7, 11) is 0. The maximum absolute atomic E-state index is 12.7. The van der Waals surface area contributed by atoms with Gasteiger partial charge in [0.25, 0.3) is 5.91 Å². The van der Waals surface area contributed by atoms with Crippen LogP contribution >= 0.6 is 22.9 Å². The third-order valence-electron chi connectivity index (χ3n) is 12.0. The van der Waals surface area contributed by atoms with Gasteiger partial charge in [-0.2, -0.15) is 0 Å². The van der Waals surface area contributed by atoms with Crippen LogP contribution in [0.4, 0.5) is 0 Å². The van der Waals surface area contributed by atoms with Crippen molar-refractivity contribution < 1.29 is 9.59 Å². The number of halogens is 1. The van der Waals surface area contributed by atoms with Gasteiger partial charge in [-0.1, -0.05) is 33.6 Å². The first kappa shape index (κ1) is 28.4. The van der Waals surface area contributed by atoms with Gasteiger partial charge in [-0.15, -0.1) is 0 Å². The SMILES string of the molecule is C[C@H](CCC(=O)NCC(=O)N(I)CCc1cnc[nH]1)[C@H]1CC[C@H]2[C@@H]3CCC4CCCC[C@]4(C)[C@H]3CC[C@]12C. The lowest BCUT2D eigenvalue weighted by Gasteiger charge is -2.61. The molecule has 0 radical (unpaired) electrons. The average molecular weight is 637 g/mol. The van der Waals surface area contributed by atoms with Crippen molar-refractivity contribution in [2.75, 3.05) is 13.1 Å². The highest BCUT2D eigenvalue weighted by Gasteiger charge is 2.60. The molecule has 4 aliphatic rings. The Morgan fingerprint density at radius 3 is 2.71 bits per heavy atom. The first-order valence-corrected chi connectivity index (χ1v) is 16.4. The molecule has 0 bridgehead atoms. The number of aromatic amines is 1. The molecule has 1 aromatic heterocycles. The van der Waals surface area contributed by atoms with Gasteiger partial charge in [0, 0.05) is 31.3 Å². The highest BCUT2D eigenvalue weighted by Crippen LogP contribution is 2.68. The zero-order valence-corrected chi connectivity index (χ0v) is 26.0. The zero-order valence-electron chi connectivity index (χ0n) is 23.8. The molecule has 0 aromatic carbocycles. The number of H-pyrrole nitrogens is 1. The molecule has 0 spiro atoms. The molecule has 1 unspecified atom stereocenters. The highest BCUT2D eigenvalue weighted by atomic mass is 127. The van der Waals surface area contributed by atoms with Gasteiger partial charge in [0.1, 0.15) is 0 Å². The maximum Gasteiger partial charge on any atom is 0.250 e. The number of hydrogen-bond acceptors (Lipinski definition) is 3. The van der Waals surface area contributed by atoms with Crippen LogP contribution in [0.2, 0.25) is 0 Å². The van der Waals surface area contributed by atoms with Crippen LogP contribution in [0.3, 0.4) is 0 Å². The lowest BCUT2D eigenvalue weighted by Crippen LogP contribution is -2.53. The summed E-state index contributed by atoms with van der Waals surface area (Å²) in [6.45, 7) is 8.35. The van der Waals surface area contributed by atoms with Crippen molar-refractivity contribution in [1.82, 2.24) is 18.4 Å².